The van der Waals surface area contributed by atoms with Gasteiger partial charge in [0.25, 0.3) is 0 Å². The lowest BCUT2D eigenvalue weighted by molar-refractivity contribution is -0.136. The molecule has 130 valence electrons. The highest BCUT2D eigenvalue weighted by molar-refractivity contribution is 5.86. The molecule has 0 bridgehead atoms. The molecule has 0 heterocycles. The maximum Gasteiger partial charge on any atom is 0.408 e. The van der Waals surface area contributed by atoms with E-state index >= 15 is 0 Å². The SMILES string of the molecule is CCCN(CCOC)C(=O)C(NC(=O)OC(C)C)C(C)(C)C. The van der Waals surface area contributed by atoms with E-state index in [1.165, 1.54) is 0 Å². The van der Waals surface area contributed by atoms with Crippen LogP contribution in [0.15, 0.2) is 0 Å². The molecule has 1 atom stereocenters. The summed E-state index contributed by atoms with van der Waals surface area (Å²) in [5.41, 5.74) is -0.411. The topological polar surface area (TPSA) is 67.9 Å². The van der Waals surface area contributed by atoms with Crippen LogP contribution < -0.4 is 5.32 Å². The molecule has 1 unspecified atom stereocenters. The fourth-order valence-electron chi connectivity index (χ4n) is 2.00. The van der Waals surface area contributed by atoms with Crippen molar-refractivity contribution in [1.82, 2.24) is 10.2 Å². The number of ether oxygens (including phenoxy) is 2. The molecule has 0 aromatic carbocycles. The van der Waals surface area contributed by atoms with Crippen molar-refractivity contribution in [2.75, 3.05) is 26.8 Å². The third-order valence-electron chi connectivity index (χ3n) is 3.09. The Morgan fingerprint density at radius 3 is 2.18 bits per heavy atom. The van der Waals surface area contributed by atoms with Gasteiger partial charge >= 0.3 is 6.09 Å². The van der Waals surface area contributed by atoms with Gasteiger partial charge in [0.2, 0.25) is 5.91 Å². The molecule has 2 amide bonds. The summed E-state index contributed by atoms with van der Waals surface area (Å²) >= 11 is 0. The number of alkyl carbamates (subject to hydrolysis) is 1. The van der Waals surface area contributed by atoms with E-state index in [9.17, 15) is 9.59 Å². The molecule has 0 saturated heterocycles. The van der Waals surface area contributed by atoms with Crippen LogP contribution in [-0.2, 0) is 14.3 Å². The van der Waals surface area contributed by atoms with Gasteiger partial charge in [-0.1, -0.05) is 27.7 Å². The van der Waals surface area contributed by atoms with Crippen molar-refractivity contribution in [2.24, 2.45) is 5.41 Å². The fraction of sp³-hybridized carbons (Fsp3) is 0.875. The van der Waals surface area contributed by atoms with Gasteiger partial charge in [-0.2, -0.15) is 0 Å². The fourth-order valence-corrected chi connectivity index (χ4v) is 2.00. The summed E-state index contributed by atoms with van der Waals surface area (Å²) in [6.45, 7) is 12.9. The molecule has 0 aliphatic carbocycles. The summed E-state index contributed by atoms with van der Waals surface area (Å²) in [4.78, 5) is 26.4. The van der Waals surface area contributed by atoms with Crippen molar-refractivity contribution in [3.63, 3.8) is 0 Å². The van der Waals surface area contributed by atoms with Crippen LogP contribution in [0, 0.1) is 5.41 Å². The zero-order valence-corrected chi connectivity index (χ0v) is 15.1. The van der Waals surface area contributed by atoms with Crippen molar-refractivity contribution in [2.45, 2.75) is 60.1 Å². The van der Waals surface area contributed by atoms with Crippen molar-refractivity contribution < 1.29 is 19.1 Å². The molecule has 0 aromatic rings. The number of rotatable bonds is 8. The van der Waals surface area contributed by atoms with Crippen molar-refractivity contribution in [3.05, 3.63) is 0 Å². The Balaban J connectivity index is 5.06. The first-order chi connectivity index (χ1) is 10.1. The van der Waals surface area contributed by atoms with E-state index in [1.807, 2.05) is 27.7 Å². The van der Waals surface area contributed by atoms with Crippen LogP contribution in [0.5, 0.6) is 0 Å². The van der Waals surface area contributed by atoms with Crippen LogP contribution >= 0.6 is 0 Å². The van der Waals surface area contributed by atoms with Crippen molar-refractivity contribution in [1.29, 1.82) is 0 Å². The second-order valence-corrected chi connectivity index (χ2v) is 6.72. The summed E-state index contributed by atoms with van der Waals surface area (Å²) in [5, 5.41) is 2.71. The number of nitrogens with one attached hydrogen (secondary N) is 1. The van der Waals surface area contributed by atoms with E-state index in [0.29, 0.717) is 19.7 Å². The largest absolute Gasteiger partial charge is 0.447 e. The molecule has 0 spiro atoms. The number of hydrogen-bond donors (Lipinski definition) is 1. The Labute approximate surface area is 134 Å². The second kappa shape index (κ2) is 9.66. The van der Waals surface area contributed by atoms with Crippen LogP contribution in [0.3, 0.4) is 0 Å². The minimum absolute atomic E-state index is 0.105. The summed E-state index contributed by atoms with van der Waals surface area (Å²) in [5.74, 6) is -0.105. The molecule has 22 heavy (non-hydrogen) atoms. The molecule has 0 radical (unpaired) electrons. The van der Waals surface area contributed by atoms with Gasteiger partial charge in [-0.05, 0) is 25.7 Å². The summed E-state index contributed by atoms with van der Waals surface area (Å²) in [7, 11) is 1.61. The lowest BCUT2D eigenvalue weighted by atomic mass is 9.86. The first-order valence-corrected chi connectivity index (χ1v) is 7.88. The van der Waals surface area contributed by atoms with Crippen LogP contribution in [0.25, 0.3) is 0 Å². The summed E-state index contributed by atoms with van der Waals surface area (Å²) in [6, 6.07) is -0.637. The monoisotopic (exact) mass is 316 g/mol. The predicted molar refractivity (Wildman–Crippen MR) is 86.7 cm³/mol. The zero-order valence-electron chi connectivity index (χ0n) is 15.1. The van der Waals surface area contributed by atoms with E-state index in [1.54, 1.807) is 25.9 Å². The Kier molecular flexibility index (Phi) is 9.09. The van der Waals surface area contributed by atoms with Crippen LogP contribution in [0.4, 0.5) is 4.79 Å². The molecule has 0 aliphatic rings. The minimum atomic E-state index is -0.637. The highest BCUT2D eigenvalue weighted by Gasteiger charge is 2.35. The van der Waals surface area contributed by atoms with Gasteiger partial charge in [0, 0.05) is 20.2 Å². The van der Waals surface area contributed by atoms with Gasteiger partial charge in [-0.25, -0.2) is 4.79 Å². The molecule has 0 aliphatic heterocycles. The molecule has 6 heteroatoms. The number of methoxy groups -OCH3 is 1. The van der Waals surface area contributed by atoms with Gasteiger partial charge in [0.05, 0.1) is 12.7 Å². The predicted octanol–water partition coefficient (Wildman–Crippen LogP) is 2.42. The smallest absolute Gasteiger partial charge is 0.408 e. The first kappa shape index (κ1) is 20.7. The van der Waals surface area contributed by atoms with E-state index in [0.717, 1.165) is 6.42 Å². The van der Waals surface area contributed by atoms with Crippen molar-refractivity contribution in [3.8, 4) is 0 Å². The molecular formula is C16H32N2O4. The standard InChI is InChI=1S/C16H32N2O4/c1-8-9-18(10-11-21-7)14(19)13(16(4,5)6)17-15(20)22-12(2)3/h12-13H,8-11H2,1-7H3,(H,17,20). The van der Waals surface area contributed by atoms with E-state index < -0.39 is 17.6 Å². The van der Waals surface area contributed by atoms with E-state index in [4.69, 9.17) is 9.47 Å². The first-order valence-electron chi connectivity index (χ1n) is 7.88. The molecule has 0 fully saturated rings. The molecule has 0 saturated carbocycles. The normalized spacial score (nSPS) is 12.9. The Bertz CT molecular complexity index is 351. The van der Waals surface area contributed by atoms with Gasteiger partial charge < -0.3 is 19.7 Å². The van der Waals surface area contributed by atoms with Gasteiger partial charge in [0.1, 0.15) is 6.04 Å². The number of amides is 2. The van der Waals surface area contributed by atoms with Gasteiger partial charge in [-0.15, -0.1) is 0 Å². The summed E-state index contributed by atoms with van der Waals surface area (Å²) in [6.07, 6.45) is 0.0605. The maximum absolute atomic E-state index is 12.8. The maximum atomic E-state index is 12.8. The molecule has 0 rings (SSSR count). The van der Waals surface area contributed by atoms with E-state index in [-0.39, 0.29) is 12.0 Å². The number of carbonyl (C=O) groups excluding carboxylic acids is 2. The van der Waals surface area contributed by atoms with Crippen molar-refractivity contribution >= 4 is 12.0 Å². The minimum Gasteiger partial charge on any atom is -0.447 e. The van der Waals surface area contributed by atoms with E-state index in [2.05, 4.69) is 5.32 Å². The van der Waals surface area contributed by atoms with Crippen LogP contribution in [-0.4, -0.2) is 55.9 Å². The number of nitrogens with zero attached hydrogens (tertiary/aromatic N) is 1. The number of carbonyl (C=O) groups is 2. The molecule has 6 nitrogen and oxygen atoms in total. The van der Waals surface area contributed by atoms with Crippen LogP contribution in [0.1, 0.15) is 48.0 Å². The third kappa shape index (κ3) is 7.64. The van der Waals surface area contributed by atoms with Crippen LogP contribution in [0.2, 0.25) is 0 Å². The third-order valence-corrected chi connectivity index (χ3v) is 3.09. The lowest BCUT2D eigenvalue weighted by Gasteiger charge is -2.34. The Hall–Kier alpha value is -1.30. The average Bonchev–Trinajstić information content (AvgIpc) is 2.38. The lowest BCUT2D eigenvalue weighted by Crippen LogP contribution is -2.55. The molecular weight excluding hydrogens is 284 g/mol. The molecule has 1 N–H and O–H groups in total. The van der Waals surface area contributed by atoms with Gasteiger partial charge in [-0.3, -0.25) is 4.79 Å². The molecule has 0 aromatic heterocycles. The van der Waals surface area contributed by atoms with Gasteiger partial charge in [0.15, 0.2) is 0 Å². The highest BCUT2D eigenvalue weighted by atomic mass is 16.6. The average molecular weight is 316 g/mol. The summed E-state index contributed by atoms with van der Waals surface area (Å²) < 4.78 is 10.2. The Morgan fingerprint density at radius 1 is 1.18 bits per heavy atom. The number of hydrogen-bond acceptors (Lipinski definition) is 4. The zero-order chi connectivity index (χ0) is 17.3. The Morgan fingerprint density at radius 2 is 1.77 bits per heavy atom. The highest BCUT2D eigenvalue weighted by Crippen LogP contribution is 2.21. The quantitative estimate of drug-likeness (QED) is 0.747. The second-order valence-electron chi connectivity index (χ2n) is 6.72.